The average Bonchev–Trinajstić information content (AvgIpc) is 3.15. The predicted octanol–water partition coefficient (Wildman–Crippen LogP) is 2.91. The quantitative estimate of drug-likeness (QED) is 0.574. The van der Waals surface area contributed by atoms with Crippen LogP contribution in [0.15, 0.2) is 0 Å². The zero-order chi connectivity index (χ0) is 16.8. The molecule has 2 bridgehead atoms. The van der Waals surface area contributed by atoms with E-state index in [-0.39, 0.29) is 48.7 Å². The summed E-state index contributed by atoms with van der Waals surface area (Å²) >= 11 is 0. The van der Waals surface area contributed by atoms with Gasteiger partial charge in [0, 0.05) is 11.8 Å². The van der Waals surface area contributed by atoms with Crippen molar-refractivity contribution in [1.82, 2.24) is 0 Å². The predicted molar refractivity (Wildman–Crippen MR) is 84.8 cm³/mol. The van der Waals surface area contributed by atoms with Gasteiger partial charge >= 0.3 is 5.97 Å². The van der Waals surface area contributed by atoms with Gasteiger partial charge in [0.15, 0.2) is 6.79 Å². The minimum Gasteiger partial charge on any atom is -0.438 e. The molecule has 3 heterocycles. The van der Waals surface area contributed by atoms with Gasteiger partial charge in [-0.05, 0) is 40.0 Å². The molecule has 3 fully saturated rings. The van der Waals surface area contributed by atoms with Gasteiger partial charge in [0.05, 0.1) is 35.9 Å². The second kappa shape index (κ2) is 6.34. The highest BCUT2D eigenvalue weighted by Gasteiger charge is 2.63. The van der Waals surface area contributed by atoms with Crippen LogP contribution >= 0.6 is 0 Å². The molecule has 0 N–H and O–H groups in total. The number of fused-ring (bicyclic) bond motifs is 5. The summed E-state index contributed by atoms with van der Waals surface area (Å²) < 4.78 is 23.2. The maximum atomic E-state index is 12.4. The fourth-order valence-corrected chi connectivity index (χ4v) is 4.50. The van der Waals surface area contributed by atoms with Gasteiger partial charge in [0.2, 0.25) is 0 Å². The van der Waals surface area contributed by atoms with Gasteiger partial charge in [-0.1, -0.05) is 13.8 Å². The number of carbonyl (C=O) groups excluding carboxylic acids is 1. The Bertz CT molecular complexity index is 443. The summed E-state index contributed by atoms with van der Waals surface area (Å²) in [6, 6.07) is 0. The second-order valence-electron chi connectivity index (χ2n) is 8.00. The third-order valence-corrected chi connectivity index (χ3v) is 5.48. The monoisotopic (exact) mass is 326 g/mol. The molecule has 7 atom stereocenters. The van der Waals surface area contributed by atoms with E-state index in [0.29, 0.717) is 11.8 Å². The normalized spacial score (nSPS) is 42.0. The van der Waals surface area contributed by atoms with Crippen LogP contribution in [-0.4, -0.2) is 42.8 Å². The summed E-state index contributed by atoms with van der Waals surface area (Å²) in [7, 11) is 0. The van der Waals surface area contributed by atoms with Crippen molar-refractivity contribution in [2.45, 2.75) is 83.9 Å². The molecule has 5 nitrogen and oxygen atoms in total. The van der Waals surface area contributed by atoms with Gasteiger partial charge in [0.1, 0.15) is 0 Å². The Hall–Kier alpha value is -0.650. The van der Waals surface area contributed by atoms with Crippen LogP contribution in [0.1, 0.15) is 53.9 Å². The van der Waals surface area contributed by atoms with E-state index in [1.807, 2.05) is 20.8 Å². The van der Waals surface area contributed by atoms with Crippen molar-refractivity contribution >= 4 is 5.97 Å². The highest BCUT2D eigenvalue weighted by atomic mass is 16.7. The Kier molecular flexibility index (Phi) is 4.73. The van der Waals surface area contributed by atoms with E-state index in [2.05, 4.69) is 13.8 Å². The molecule has 0 aromatic rings. The summed E-state index contributed by atoms with van der Waals surface area (Å²) in [6.07, 6.45) is 3.33. The number of rotatable bonds is 5. The molecule has 0 aromatic carbocycles. The van der Waals surface area contributed by atoms with Crippen molar-refractivity contribution in [1.29, 1.82) is 0 Å². The first-order valence-corrected chi connectivity index (χ1v) is 8.97. The van der Waals surface area contributed by atoms with E-state index in [9.17, 15) is 4.79 Å². The van der Waals surface area contributed by atoms with Crippen LogP contribution in [0.4, 0.5) is 0 Å². The van der Waals surface area contributed by atoms with Gasteiger partial charge < -0.3 is 18.9 Å². The van der Waals surface area contributed by atoms with Crippen molar-refractivity contribution in [3.05, 3.63) is 0 Å². The van der Waals surface area contributed by atoms with E-state index >= 15 is 0 Å². The molecule has 0 radical (unpaired) electrons. The lowest BCUT2D eigenvalue weighted by Gasteiger charge is -2.29. The van der Waals surface area contributed by atoms with E-state index in [1.165, 1.54) is 0 Å². The van der Waals surface area contributed by atoms with Crippen molar-refractivity contribution < 1.29 is 23.7 Å². The molecule has 3 aliphatic heterocycles. The fraction of sp³-hybridized carbons (Fsp3) is 0.944. The summed E-state index contributed by atoms with van der Waals surface area (Å²) in [6.45, 7) is 10.2. The van der Waals surface area contributed by atoms with Gasteiger partial charge in [-0.25, -0.2) is 0 Å². The zero-order valence-corrected chi connectivity index (χ0v) is 14.9. The molecule has 0 spiro atoms. The van der Waals surface area contributed by atoms with Crippen LogP contribution in [0.3, 0.4) is 0 Å². The lowest BCUT2D eigenvalue weighted by atomic mass is 9.71. The Labute approximate surface area is 139 Å². The smallest absolute Gasteiger partial charge is 0.313 e. The third kappa shape index (κ3) is 3.15. The second-order valence-corrected chi connectivity index (χ2v) is 8.00. The number of carbonyl (C=O) groups is 1. The van der Waals surface area contributed by atoms with Crippen LogP contribution in [0.25, 0.3) is 0 Å². The molecule has 7 unspecified atom stereocenters. The van der Waals surface area contributed by atoms with Gasteiger partial charge in [0.25, 0.3) is 0 Å². The molecule has 0 amide bonds. The van der Waals surface area contributed by atoms with Crippen molar-refractivity contribution in [2.75, 3.05) is 6.79 Å². The number of hydrogen-bond donors (Lipinski definition) is 0. The van der Waals surface area contributed by atoms with Gasteiger partial charge in [-0.2, -0.15) is 0 Å². The summed E-state index contributed by atoms with van der Waals surface area (Å²) in [5.41, 5.74) is -0.308. The molecule has 23 heavy (non-hydrogen) atoms. The summed E-state index contributed by atoms with van der Waals surface area (Å²) in [5, 5.41) is 0. The molecule has 3 rings (SSSR count). The maximum absolute atomic E-state index is 12.4. The van der Waals surface area contributed by atoms with Crippen LogP contribution in [0.2, 0.25) is 0 Å². The van der Waals surface area contributed by atoms with Crippen LogP contribution in [0, 0.1) is 17.8 Å². The van der Waals surface area contributed by atoms with E-state index < -0.39 is 0 Å². The molecule has 132 valence electrons. The van der Waals surface area contributed by atoms with E-state index in [0.717, 1.165) is 19.3 Å². The highest BCUT2D eigenvalue weighted by molar-refractivity contribution is 5.74. The Morgan fingerprint density at radius 1 is 1.09 bits per heavy atom. The molecule has 5 heteroatoms. The molecule has 0 aromatic heterocycles. The largest absolute Gasteiger partial charge is 0.438 e. The zero-order valence-electron chi connectivity index (χ0n) is 14.9. The first-order valence-electron chi connectivity index (χ1n) is 8.97. The molecule has 3 saturated heterocycles. The van der Waals surface area contributed by atoms with Gasteiger partial charge in [-0.3, -0.25) is 4.79 Å². The Morgan fingerprint density at radius 2 is 1.74 bits per heavy atom. The standard InChI is InChI=1S/C18H30O5/c1-6-11-14-13-8-10(17(19)20-9-21-18(3,4)5)16(23-13)15(14)12(7-2)22-11/h10-16H,6-9H2,1-5H3. The van der Waals surface area contributed by atoms with Crippen molar-refractivity contribution in [3.63, 3.8) is 0 Å². The molecule has 0 saturated carbocycles. The highest BCUT2D eigenvalue weighted by Crippen LogP contribution is 2.55. The maximum Gasteiger partial charge on any atom is 0.313 e. The van der Waals surface area contributed by atoms with Crippen molar-refractivity contribution in [3.8, 4) is 0 Å². The Balaban J connectivity index is 1.62. The Morgan fingerprint density at radius 3 is 2.35 bits per heavy atom. The first-order chi connectivity index (χ1) is 10.9. The fourth-order valence-electron chi connectivity index (χ4n) is 4.50. The average molecular weight is 326 g/mol. The summed E-state index contributed by atoms with van der Waals surface area (Å²) in [4.78, 5) is 12.4. The third-order valence-electron chi connectivity index (χ3n) is 5.48. The van der Waals surface area contributed by atoms with Crippen LogP contribution < -0.4 is 0 Å². The SMILES string of the molecule is CCC1OC(CC)C2C3OC(CC3C(=O)OCOC(C)(C)C)C12. The number of ether oxygens (including phenoxy) is 4. The lowest BCUT2D eigenvalue weighted by molar-refractivity contribution is -0.174. The molecular weight excluding hydrogens is 296 g/mol. The number of esters is 1. The topological polar surface area (TPSA) is 54.0 Å². The van der Waals surface area contributed by atoms with Gasteiger partial charge in [-0.15, -0.1) is 0 Å². The first kappa shape index (κ1) is 17.2. The van der Waals surface area contributed by atoms with Crippen molar-refractivity contribution in [2.24, 2.45) is 17.8 Å². The van der Waals surface area contributed by atoms with Crippen LogP contribution in [-0.2, 0) is 23.7 Å². The summed E-state index contributed by atoms with van der Waals surface area (Å²) in [5.74, 6) is 0.433. The lowest BCUT2D eigenvalue weighted by Crippen LogP contribution is -2.41. The minimum absolute atomic E-state index is 0.00953. The molecule has 0 aliphatic carbocycles. The van der Waals surface area contributed by atoms with E-state index in [1.54, 1.807) is 0 Å². The molecule has 3 aliphatic rings. The minimum atomic E-state index is -0.308. The van der Waals surface area contributed by atoms with Crippen LogP contribution in [0.5, 0.6) is 0 Å². The molecular formula is C18H30O5. The number of hydrogen-bond acceptors (Lipinski definition) is 5. The van der Waals surface area contributed by atoms with E-state index in [4.69, 9.17) is 18.9 Å².